The second-order valence-corrected chi connectivity index (χ2v) is 15.5. The summed E-state index contributed by atoms with van der Waals surface area (Å²) >= 11 is 0. The van der Waals surface area contributed by atoms with E-state index in [0.717, 1.165) is 24.0 Å². The third-order valence-electron chi connectivity index (χ3n) is 10.4. The molecule has 4 nitrogen and oxygen atoms in total. The monoisotopic (exact) mass is 653 g/mol. The molecule has 0 saturated heterocycles. The van der Waals surface area contributed by atoms with Crippen LogP contribution in [0.1, 0.15) is 33.4 Å². The molecule has 0 spiro atoms. The van der Waals surface area contributed by atoms with Crippen molar-refractivity contribution in [3.05, 3.63) is 161 Å². The van der Waals surface area contributed by atoms with Gasteiger partial charge in [0.2, 0.25) is 9.84 Å². The first kappa shape index (κ1) is 28.4. The number of fused-ring (bicyclic) bond motifs is 8. The lowest BCUT2D eigenvalue weighted by atomic mass is 9.83. The molecule has 2 aliphatic rings. The van der Waals surface area contributed by atoms with E-state index in [1.165, 1.54) is 71.6 Å². The lowest BCUT2D eigenvalue weighted by molar-refractivity contribution is 0.443. The zero-order valence-corrected chi connectivity index (χ0v) is 27.9. The van der Waals surface area contributed by atoms with Gasteiger partial charge in [-0.25, -0.2) is 8.42 Å². The standard InChI is InChI=1S/C44H31NO3S/c1-26-7-14-39-37(17-26)38-18-27(2)8-15-40(38)45(39)36-13-11-30-21-33-22-32-19-28(9-10-29(32)20-34(33)23-35(30)24-36)31-12-16-44-42(25-31)48-41-5-3-4-6-43(41)49(44,46)47/h3-19,21,23-25H,20,22H2,1-2H3. The van der Waals surface area contributed by atoms with Gasteiger partial charge in [-0.1, -0.05) is 77.9 Å². The maximum atomic E-state index is 13.3. The van der Waals surface area contributed by atoms with Gasteiger partial charge < -0.3 is 9.30 Å². The molecule has 0 bridgehead atoms. The molecule has 0 radical (unpaired) electrons. The van der Waals surface area contributed by atoms with Crippen LogP contribution in [0.3, 0.4) is 0 Å². The van der Waals surface area contributed by atoms with Crippen molar-refractivity contribution in [2.24, 2.45) is 0 Å². The number of aryl methyl sites for hydroxylation is 2. The number of aromatic nitrogens is 1. The molecule has 0 N–H and O–H groups in total. The molecule has 1 aliphatic heterocycles. The summed E-state index contributed by atoms with van der Waals surface area (Å²) in [7, 11) is -3.63. The summed E-state index contributed by atoms with van der Waals surface area (Å²) < 4.78 is 35.0. The zero-order valence-electron chi connectivity index (χ0n) is 27.1. The normalized spacial score (nSPS) is 14.2. The fourth-order valence-corrected chi connectivity index (χ4v) is 9.39. The zero-order chi connectivity index (χ0) is 33.0. The van der Waals surface area contributed by atoms with E-state index in [1.807, 2.05) is 12.1 Å². The maximum absolute atomic E-state index is 13.3. The van der Waals surface area contributed by atoms with Crippen molar-refractivity contribution in [2.45, 2.75) is 36.5 Å². The van der Waals surface area contributed by atoms with E-state index in [4.69, 9.17) is 4.74 Å². The van der Waals surface area contributed by atoms with Gasteiger partial charge in [-0.05, 0) is 132 Å². The Morgan fingerprint density at radius 2 is 1.16 bits per heavy atom. The fourth-order valence-electron chi connectivity index (χ4n) is 7.91. The van der Waals surface area contributed by atoms with Crippen LogP contribution in [0.25, 0.3) is 49.4 Å². The summed E-state index contributed by atoms with van der Waals surface area (Å²) in [6.07, 6.45) is 1.73. The van der Waals surface area contributed by atoms with Crippen molar-refractivity contribution >= 4 is 42.4 Å². The van der Waals surface area contributed by atoms with Crippen molar-refractivity contribution < 1.29 is 13.2 Å². The van der Waals surface area contributed by atoms with Crippen LogP contribution in [-0.4, -0.2) is 13.0 Å². The topological polar surface area (TPSA) is 48.3 Å². The highest BCUT2D eigenvalue weighted by atomic mass is 32.2. The number of para-hydroxylation sites is 1. The van der Waals surface area contributed by atoms with Gasteiger partial charge in [0.15, 0.2) is 0 Å². The molecule has 1 aromatic heterocycles. The first-order valence-electron chi connectivity index (χ1n) is 16.7. The van der Waals surface area contributed by atoms with Gasteiger partial charge in [-0.15, -0.1) is 0 Å². The minimum Gasteiger partial charge on any atom is -0.455 e. The molecule has 0 amide bonds. The SMILES string of the molecule is Cc1ccc2c(c1)c1cc(C)ccc1n2-c1ccc2cc3c(cc2c1)Cc1ccc(-c2ccc4c(c2)Oc2ccccc2S4(=O)=O)cc1C3. The molecule has 0 saturated carbocycles. The Bertz CT molecular complexity index is 2780. The fraction of sp³-hybridized carbons (Fsp3) is 0.0909. The van der Waals surface area contributed by atoms with E-state index in [0.29, 0.717) is 11.5 Å². The van der Waals surface area contributed by atoms with E-state index >= 15 is 0 Å². The molecule has 10 rings (SSSR count). The summed E-state index contributed by atoms with van der Waals surface area (Å²) in [5, 5.41) is 5.07. The quantitative estimate of drug-likeness (QED) is 0.187. The third kappa shape index (κ3) is 4.32. The second kappa shape index (κ2) is 10.2. The molecular formula is C44H31NO3S. The summed E-state index contributed by atoms with van der Waals surface area (Å²) in [6.45, 7) is 4.32. The Morgan fingerprint density at radius 3 is 1.94 bits per heavy atom. The summed E-state index contributed by atoms with van der Waals surface area (Å²) in [4.78, 5) is 0.420. The summed E-state index contributed by atoms with van der Waals surface area (Å²) in [5.41, 5.74) is 13.5. The van der Waals surface area contributed by atoms with Crippen LogP contribution in [0.4, 0.5) is 0 Å². The molecule has 0 atom stereocenters. The van der Waals surface area contributed by atoms with E-state index < -0.39 is 9.84 Å². The average molecular weight is 654 g/mol. The number of benzene rings is 7. The second-order valence-electron chi connectivity index (χ2n) is 13.6. The molecule has 5 heteroatoms. The van der Waals surface area contributed by atoms with E-state index in [-0.39, 0.29) is 9.79 Å². The van der Waals surface area contributed by atoms with E-state index in [9.17, 15) is 8.42 Å². The number of hydrogen-bond acceptors (Lipinski definition) is 3. The van der Waals surface area contributed by atoms with Crippen LogP contribution >= 0.6 is 0 Å². The first-order valence-corrected chi connectivity index (χ1v) is 18.1. The van der Waals surface area contributed by atoms with Crippen molar-refractivity contribution in [3.63, 3.8) is 0 Å². The van der Waals surface area contributed by atoms with Crippen molar-refractivity contribution in [1.29, 1.82) is 0 Å². The minimum absolute atomic E-state index is 0.209. The maximum Gasteiger partial charge on any atom is 0.213 e. The van der Waals surface area contributed by atoms with Crippen LogP contribution in [0.2, 0.25) is 0 Å². The van der Waals surface area contributed by atoms with Gasteiger partial charge in [0.1, 0.15) is 21.3 Å². The van der Waals surface area contributed by atoms with E-state index in [1.54, 1.807) is 30.3 Å². The molecular weight excluding hydrogens is 623 g/mol. The van der Waals surface area contributed by atoms with Gasteiger partial charge in [0.25, 0.3) is 0 Å². The third-order valence-corrected chi connectivity index (χ3v) is 12.2. The molecule has 0 unspecified atom stereocenters. The largest absolute Gasteiger partial charge is 0.455 e. The first-order chi connectivity index (χ1) is 23.8. The highest BCUT2D eigenvalue weighted by molar-refractivity contribution is 7.91. The highest BCUT2D eigenvalue weighted by Gasteiger charge is 2.31. The lowest BCUT2D eigenvalue weighted by Crippen LogP contribution is -2.11. The number of nitrogens with zero attached hydrogens (tertiary/aromatic N) is 1. The van der Waals surface area contributed by atoms with Gasteiger partial charge in [0, 0.05) is 16.5 Å². The molecule has 0 fully saturated rings. The van der Waals surface area contributed by atoms with Crippen LogP contribution in [0.15, 0.2) is 137 Å². The van der Waals surface area contributed by atoms with Crippen LogP contribution in [0, 0.1) is 13.8 Å². The van der Waals surface area contributed by atoms with Gasteiger partial charge in [-0.3, -0.25) is 0 Å². The van der Waals surface area contributed by atoms with Gasteiger partial charge in [0.05, 0.1) is 11.0 Å². The number of hydrogen-bond donors (Lipinski definition) is 0. The predicted octanol–water partition coefficient (Wildman–Crippen LogP) is 10.7. The number of rotatable bonds is 2. The van der Waals surface area contributed by atoms with Crippen molar-refractivity contribution in [2.75, 3.05) is 0 Å². The Morgan fingerprint density at radius 1 is 0.531 bits per heavy atom. The van der Waals surface area contributed by atoms with Crippen LogP contribution < -0.4 is 4.74 Å². The molecule has 49 heavy (non-hydrogen) atoms. The Hall–Kier alpha value is -5.65. The van der Waals surface area contributed by atoms with Crippen molar-refractivity contribution in [3.8, 4) is 28.3 Å². The Labute approximate surface area is 284 Å². The van der Waals surface area contributed by atoms with Crippen LogP contribution in [0.5, 0.6) is 11.5 Å². The van der Waals surface area contributed by atoms with Crippen LogP contribution in [-0.2, 0) is 22.7 Å². The van der Waals surface area contributed by atoms with Crippen molar-refractivity contribution in [1.82, 2.24) is 4.57 Å². The highest BCUT2D eigenvalue weighted by Crippen LogP contribution is 2.44. The molecule has 7 aromatic carbocycles. The minimum atomic E-state index is -3.63. The average Bonchev–Trinajstić information content (AvgIpc) is 3.41. The smallest absolute Gasteiger partial charge is 0.213 e. The van der Waals surface area contributed by atoms with Gasteiger partial charge >= 0.3 is 0 Å². The molecule has 1 aliphatic carbocycles. The Balaban J connectivity index is 1.01. The molecule has 8 aromatic rings. The molecule has 2 heterocycles. The number of sulfone groups is 1. The lowest BCUT2D eigenvalue weighted by Gasteiger charge is -2.23. The molecule has 236 valence electrons. The summed E-state index contributed by atoms with van der Waals surface area (Å²) in [6, 6.07) is 43.9. The summed E-state index contributed by atoms with van der Waals surface area (Å²) in [5.74, 6) is 0.741. The Kier molecular flexibility index (Phi) is 5.89. The van der Waals surface area contributed by atoms with Gasteiger partial charge in [-0.2, -0.15) is 0 Å². The predicted molar refractivity (Wildman–Crippen MR) is 197 cm³/mol. The number of ether oxygens (including phenoxy) is 1. The van der Waals surface area contributed by atoms with E-state index in [2.05, 4.69) is 103 Å².